The fourth-order valence-corrected chi connectivity index (χ4v) is 2.29. The molecule has 0 saturated heterocycles. The zero-order chi connectivity index (χ0) is 11.5. The molecule has 1 saturated carbocycles. The lowest BCUT2D eigenvalue weighted by molar-refractivity contribution is 0.258. The molecule has 2 rings (SSSR count). The van der Waals surface area contributed by atoms with Crippen LogP contribution < -0.4 is 5.73 Å². The number of halogens is 2. The van der Waals surface area contributed by atoms with Crippen molar-refractivity contribution in [2.24, 2.45) is 5.73 Å². The van der Waals surface area contributed by atoms with Gasteiger partial charge in [-0.25, -0.2) is 4.39 Å². The summed E-state index contributed by atoms with van der Waals surface area (Å²) < 4.78 is 14.5. The first kappa shape index (κ1) is 12.0. The van der Waals surface area contributed by atoms with Crippen LogP contribution in [-0.4, -0.2) is 24.0 Å². The second-order valence-corrected chi connectivity index (χ2v) is 5.14. The van der Waals surface area contributed by atoms with Crippen LogP contribution in [-0.2, 0) is 6.54 Å². The molecule has 1 fully saturated rings. The average Bonchev–Trinajstić information content (AvgIpc) is 3.06. The molecule has 0 radical (unpaired) electrons. The Morgan fingerprint density at radius 2 is 2.19 bits per heavy atom. The second kappa shape index (κ2) is 5.25. The van der Waals surface area contributed by atoms with E-state index in [0.29, 0.717) is 19.1 Å². The quantitative estimate of drug-likeness (QED) is 0.901. The lowest BCUT2D eigenvalue weighted by atomic mass is 10.2. The van der Waals surface area contributed by atoms with Gasteiger partial charge in [0.15, 0.2) is 0 Å². The Balaban J connectivity index is 2.08. The van der Waals surface area contributed by atoms with Crippen LogP contribution in [0.1, 0.15) is 18.4 Å². The van der Waals surface area contributed by atoms with E-state index in [4.69, 9.17) is 5.73 Å². The highest BCUT2D eigenvalue weighted by molar-refractivity contribution is 9.10. The van der Waals surface area contributed by atoms with Crippen LogP contribution in [0.2, 0.25) is 0 Å². The maximum absolute atomic E-state index is 13.6. The maximum Gasteiger partial charge on any atom is 0.127 e. The molecule has 2 nitrogen and oxygen atoms in total. The van der Waals surface area contributed by atoms with Crippen molar-refractivity contribution in [2.45, 2.75) is 25.4 Å². The van der Waals surface area contributed by atoms with Gasteiger partial charge in [-0.1, -0.05) is 15.9 Å². The summed E-state index contributed by atoms with van der Waals surface area (Å²) in [6.07, 6.45) is 2.44. The monoisotopic (exact) mass is 286 g/mol. The molecule has 16 heavy (non-hydrogen) atoms. The fourth-order valence-electron chi connectivity index (χ4n) is 1.88. The molecule has 0 spiro atoms. The Bertz CT molecular complexity index is 366. The number of hydrogen-bond acceptors (Lipinski definition) is 2. The van der Waals surface area contributed by atoms with Crippen LogP contribution >= 0.6 is 15.9 Å². The van der Waals surface area contributed by atoms with E-state index >= 15 is 0 Å². The van der Waals surface area contributed by atoms with Crippen molar-refractivity contribution < 1.29 is 4.39 Å². The lowest BCUT2D eigenvalue weighted by Gasteiger charge is -2.21. The van der Waals surface area contributed by atoms with Crippen LogP contribution in [0.3, 0.4) is 0 Å². The molecule has 1 aromatic carbocycles. The first-order valence-corrected chi connectivity index (χ1v) is 6.38. The van der Waals surface area contributed by atoms with Crippen molar-refractivity contribution in [3.63, 3.8) is 0 Å². The SMILES string of the molecule is NCCN(Cc1cc(Br)ccc1F)C1CC1. The average molecular weight is 287 g/mol. The third-order valence-corrected chi connectivity index (χ3v) is 3.35. The standard InChI is InChI=1S/C12H16BrFN2/c13-10-1-4-12(14)9(7-10)8-16(6-5-15)11-2-3-11/h1,4,7,11H,2-3,5-6,8,15H2. The van der Waals surface area contributed by atoms with Crippen molar-refractivity contribution in [1.82, 2.24) is 4.90 Å². The Labute approximate surface area is 104 Å². The molecule has 0 atom stereocenters. The topological polar surface area (TPSA) is 29.3 Å². The van der Waals surface area contributed by atoms with Crippen molar-refractivity contribution in [3.8, 4) is 0 Å². The van der Waals surface area contributed by atoms with E-state index in [9.17, 15) is 4.39 Å². The molecule has 1 aromatic rings. The molecule has 1 aliphatic rings. The minimum Gasteiger partial charge on any atom is -0.329 e. The van der Waals surface area contributed by atoms with Crippen LogP contribution in [0.25, 0.3) is 0 Å². The molecular weight excluding hydrogens is 271 g/mol. The van der Waals surface area contributed by atoms with E-state index in [2.05, 4.69) is 20.8 Å². The third kappa shape index (κ3) is 3.03. The van der Waals surface area contributed by atoms with Gasteiger partial charge in [-0.2, -0.15) is 0 Å². The van der Waals surface area contributed by atoms with Gasteiger partial charge < -0.3 is 5.73 Å². The van der Waals surface area contributed by atoms with E-state index in [0.717, 1.165) is 16.6 Å². The van der Waals surface area contributed by atoms with Gasteiger partial charge in [0.1, 0.15) is 5.82 Å². The van der Waals surface area contributed by atoms with Crippen molar-refractivity contribution in [3.05, 3.63) is 34.1 Å². The molecule has 88 valence electrons. The molecule has 2 N–H and O–H groups in total. The minimum absolute atomic E-state index is 0.133. The number of nitrogens with two attached hydrogens (primary N) is 1. The molecule has 0 aromatic heterocycles. The van der Waals surface area contributed by atoms with Gasteiger partial charge in [0, 0.05) is 35.7 Å². The molecule has 0 unspecified atom stereocenters. The second-order valence-electron chi connectivity index (χ2n) is 4.23. The van der Waals surface area contributed by atoms with Crippen LogP contribution in [0.4, 0.5) is 4.39 Å². The Morgan fingerprint density at radius 1 is 1.44 bits per heavy atom. The van der Waals surface area contributed by atoms with Gasteiger partial charge in [0.2, 0.25) is 0 Å². The van der Waals surface area contributed by atoms with E-state index in [1.54, 1.807) is 6.07 Å². The molecule has 1 aliphatic carbocycles. The summed E-state index contributed by atoms with van der Waals surface area (Å²) in [5.74, 6) is -0.133. The Kier molecular flexibility index (Phi) is 3.95. The summed E-state index contributed by atoms with van der Waals surface area (Å²) in [6, 6.07) is 5.69. The summed E-state index contributed by atoms with van der Waals surface area (Å²) in [4.78, 5) is 2.27. The number of benzene rings is 1. The molecule has 0 heterocycles. The molecule has 0 aliphatic heterocycles. The first-order valence-electron chi connectivity index (χ1n) is 5.58. The van der Waals surface area contributed by atoms with Crippen molar-refractivity contribution in [1.29, 1.82) is 0 Å². The predicted molar refractivity (Wildman–Crippen MR) is 66.6 cm³/mol. The summed E-state index contributed by atoms with van der Waals surface area (Å²) in [5, 5.41) is 0. The van der Waals surface area contributed by atoms with Gasteiger partial charge >= 0.3 is 0 Å². The number of rotatable bonds is 5. The first-order chi connectivity index (χ1) is 7.70. The summed E-state index contributed by atoms with van der Waals surface area (Å²) in [6.45, 7) is 2.13. The van der Waals surface area contributed by atoms with Crippen LogP contribution in [0, 0.1) is 5.82 Å². The van der Waals surface area contributed by atoms with Crippen LogP contribution in [0.15, 0.2) is 22.7 Å². The molecule has 0 amide bonds. The predicted octanol–water partition coefficient (Wildman–Crippen LogP) is 2.51. The van der Waals surface area contributed by atoms with Gasteiger partial charge in [-0.3, -0.25) is 4.90 Å². The molecule has 0 bridgehead atoms. The smallest absolute Gasteiger partial charge is 0.127 e. The fraction of sp³-hybridized carbons (Fsp3) is 0.500. The van der Waals surface area contributed by atoms with Crippen molar-refractivity contribution >= 4 is 15.9 Å². The largest absolute Gasteiger partial charge is 0.329 e. The van der Waals surface area contributed by atoms with Crippen LogP contribution in [0.5, 0.6) is 0 Å². The number of hydrogen-bond donors (Lipinski definition) is 1. The molecule has 4 heteroatoms. The highest BCUT2D eigenvalue weighted by Crippen LogP contribution is 2.28. The Hall–Kier alpha value is -0.450. The van der Waals surface area contributed by atoms with Gasteiger partial charge in [0.25, 0.3) is 0 Å². The summed E-state index contributed by atoms with van der Waals surface area (Å²) in [5.41, 5.74) is 6.32. The van der Waals surface area contributed by atoms with Crippen molar-refractivity contribution in [2.75, 3.05) is 13.1 Å². The zero-order valence-electron chi connectivity index (χ0n) is 9.13. The normalized spacial score (nSPS) is 15.8. The number of nitrogens with zero attached hydrogens (tertiary/aromatic N) is 1. The van der Waals surface area contributed by atoms with Gasteiger partial charge in [0.05, 0.1) is 0 Å². The third-order valence-electron chi connectivity index (χ3n) is 2.86. The minimum atomic E-state index is -0.133. The summed E-state index contributed by atoms with van der Waals surface area (Å²) in [7, 11) is 0. The van der Waals surface area contributed by atoms with Gasteiger partial charge in [-0.15, -0.1) is 0 Å². The highest BCUT2D eigenvalue weighted by atomic mass is 79.9. The Morgan fingerprint density at radius 3 is 2.81 bits per heavy atom. The summed E-state index contributed by atoms with van der Waals surface area (Å²) >= 11 is 3.37. The lowest BCUT2D eigenvalue weighted by Crippen LogP contribution is -2.31. The van der Waals surface area contributed by atoms with E-state index in [1.165, 1.54) is 18.9 Å². The zero-order valence-corrected chi connectivity index (χ0v) is 10.7. The van der Waals surface area contributed by atoms with E-state index < -0.39 is 0 Å². The highest BCUT2D eigenvalue weighted by Gasteiger charge is 2.28. The maximum atomic E-state index is 13.6. The van der Waals surface area contributed by atoms with Gasteiger partial charge in [-0.05, 0) is 31.0 Å². The van der Waals surface area contributed by atoms with E-state index in [1.807, 2.05) is 6.07 Å². The molecular formula is C12H16BrFN2. The van der Waals surface area contributed by atoms with E-state index in [-0.39, 0.29) is 5.82 Å².